The van der Waals surface area contributed by atoms with E-state index in [1.54, 1.807) is 11.7 Å². The van der Waals surface area contributed by atoms with Gasteiger partial charge < -0.3 is 10.1 Å². The molecule has 84 valence electrons. The van der Waals surface area contributed by atoms with Crippen molar-refractivity contribution in [2.24, 2.45) is 5.14 Å². The van der Waals surface area contributed by atoms with Gasteiger partial charge in [-0.25, -0.2) is 18.8 Å². The number of nitrogens with two attached hydrogens (primary N) is 1. The zero-order valence-electron chi connectivity index (χ0n) is 8.32. The summed E-state index contributed by atoms with van der Waals surface area (Å²) in [6.07, 6.45) is 0.848. The van der Waals surface area contributed by atoms with Gasteiger partial charge in [-0.2, -0.15) is 5.10 Å². The molecule has 0 saturated heterocycles. The highest BCUT2D eigenvalue weighted by atomic mass is 32.2. The lowest BCUT2D eigenvalue weighted by Gasteiger charge is -2.15. The van der Waals surface area contributed by atoms with Crippen LogP contribution in [0.5, 0.6) is 5.88 Å². The molecule has 0 aliphatic carbocycles. The normalized spacial score (nSPS) is 18.8. The summed E-state index contributed by atoms with van der Waals surface area (Å²) in [4.78, 5) is 0.157. The summed E-state index contributed by atoms with van der Waals surface area (Å²) in [5.74, 6) is 0.711. The Kier molecular flexibility index (Phi) is 2.31. The Morgan fingerprint density at radius 3 is 3.07 bits per heavy atom. The Balaban J connectivity index is 2.65. The standard InChI is InChI=1S/C7H13N5O2S/c1-10-6-5(15(8,9)13)7-12(11-6)3-2-4-14-7/h2-4H2,1H3,(H,10,11)(H3,8,9,13). The fourth-order valence-electron chi connectivity index (χ4n) is 1.54. The Bertz CT molecular complexity index is 478. The first-order valence-electron chi connectivity index (χ1n) is 4.52. The molecule has 1 atom stereocenters. The molecule has 1 unspecified atom stereocenters. The molecule has 0 saturated carbocycles. The monoisotopic (exact) mass is 231 g/mol. The van der Waals surface area contributed by atoms with E-state index in [4.69, 9.17) is 14.7 Å². The van der Waals surface area contributed by atoms with Crippen LogP contribution in [0.3, 0.4) is 0 Å². The molecular weight excluding hydrogens is 218 g/mol. The van der Waals surface area contributed by atoms with Gasteiger partial charge in [0.25, 0.3) is 0 Å². The molecule has 4 N–H and O–H groups in total. The smallest absolute Gasteiger partial charge is 0.233 e. The van der Waals surface area contributed by atoms with Crippen LogP contribution >= 0.6 is 0 Å². The highest BCUT2D eigenvalue weighted by molar-refractivity contribution is 7.90. The van der Waals surface area contributed by atoms with Gasteiger partial charge in [-0.3, -0.25) is 0 Å². The van der Waals surface area contributed by atoms with Crippen molar-refractivity contribution in [3.8, 4) is 5.88 Å². The third kappa shape index (κ3) is 1.65. The lowest BCUT2D eigenvalue weighted by molar-refractivity contribution is 0.224. The first kappa shape index (κ1) is 10.2. The highest BCUT2D eigenvalue weighted by Crippen LogP contribution is 2.32. The molecule has 0 amide bonds. The Morgan fingerprint density at radius 2 is 2.47 bits per heavy atom. The Hall–Kier alpha value is -1.28. The average molecular weight is 231 g/mol. The van der Waals surface area contributed by atoms with Gasteiger partial charge in [0.15, 0.2) is 10.7 Å². The Labute approximate surface area is 87.7 Å². The maximum atomic E-state index is 11.6. The van der Waals surface area contributed by atoms with Gasteiger partial charge in [-0.15, -0.1) is 0 Å². The minimum atomic E-state index is -3.31. The number of hydrogen-bond acceptors (Lipinski definition) is 5. The van der Waals surface area contributed by atoms with E-state index in [9.17, 15) is 4.21 Å². The molecule has 2 heterocycles. The average Bonchev–Trinajstić information content (AvgIpc) is 2.54. The lowest BCUT2D eigenvalue weighted by atomic mass is 10.4. The van der Waals surface area contributed by atoms with E-state index in [0.29, 0.717) is 24.8 Å². The Morgan fingerprint density at radius 1 is 1.73 bits per heavy atom. The zero-order valence-corrected chi connectivity index (χ0v) is 9.13. The molecule has 0 bridgehead atoms. The van der Waals surface area contributed by atoms with Gasteiger partial charge in [-0.1, -0.05) is 0 Å². The number of ether oxygens (including phenoxy) is 1. The summed E-state index contributed by atoms with van der Waals surface area (Å²) in [5, 5.41) is 12.2. The van der Waals surface area contributed by atoms with E-state index >= 15 is 0 Å². The number of fused-ring (bicyclic) bond motifs is 1. The van der Waals surface area contributed by atoms with E-state index in [-0.39, 0.29) is 4.90 Å². The molecule has 1 aromatic rings. The van der Waals surface area contributed by atoms with Crippen LogP contribution in [0.25, 0.3) is 0 Å². The second-order valence-electron chi connectivity index (χ2n) is 3.26. The molecule has 2 rings (SSSR count). The van der Waals surface area contributed by atoms with E-state index in [0.717, 1.165) is 6.42 Å². The van der Waals surface area contributed by atoms with Crippen LogP contribution in [0.4, 0.5) is 5.82 Å². The molecule has 1 aliphatic heterocycles. The maximum Gasteiger partial charge on any atom is 0.233 e. The van der Waals surface area contributed by atoms with Crippen LogP contribution in [-0.4, -0.2) is 27.6 Å². The molecule has 0 aromatic carbocycles. The predicted octanol–water partition coefficient (Wildman–Crippen LogP) is -0.0133. The van der Waals surface area contributed by atoms with Crippen LogP contribution < -0.4 is 15.2 Å². The first-order chi connectivity index (χ1) is 7.04. The van der Waals surface area contributed by atoms with Crippen molar-refractivity contribution < 1.29 is 8.95 Å². The van der Waals surface area contributed by atoms with Crippen LogP contribution in [0.15, 0.2) is 4.90 Å². The zero-order chi connectivity index (χ0) is 11.1. The van der Waals surface area contributed by atoms with Gasteiger partial charge in [0.2, 0.25) is 5.88 Å². The van der Waals surface area contributed by atoms with Crippen molar-refractivity contribution in [1.29, 1.82) is 4.78 Å². The molecule has 0 spiro atoms. The van der Waals surface area contributed by atoms with Crippen LogP contribution in [0.1, 0.15) is 6.42 Å². The van der Waals surface area contributed by atoms with Crippen LogP contribution in [0, 0.1) is 4.78 Å². The number of aryl methyl sites for hydroxylation is 1. The summed E-state index contributed by atoms with van der Waals surface area (Å²) in [6, 6.07) is 0. The van der Waals surface area contributed by atoms with E-state index in [1.807, 2.05) is 0 Å². The molecule has 1 aromatic heterocycles. The van der Waals surface area contributed by atoms with Crippen molar-refractivity contribution in [2.45, 2.75) is 17.9 Å². The first-order valence-corrected chi connectivity index (χ1v) is 6.14. The topological polar surface area (TPSA) is 106 Å². The number of nitrogens with zero attached hydrogens (tertiary/aromatic N) is 2. The molecular formula is C7H13N5O2S. The largest absolute Gasteiger partial charge is 0.477 e. The minimum absolute atomic E-state index is 0.157. The maximum absolute atomic E-state index is 11.6. The number of nitrogens with one attached hydrogen (secondary N) is 2. The van der Waals surface area contributed by atoms with E-state index in [2.05, 4.69) is 10.4 Å². The predicted molar refractivity (Wildman–Crippen MR) is 55.2 cm³/mol. The van der Waals surface area contributed by atoms with Crippen LogP contribution in [-0.2, 0) is 16.5 Å². The molecule has 8 heteroatoms. The summed E-state index contributed by atoms with van der Waals surface area (Å²) >= 11 is 0. The van der Waals surface area contributed by atoms with E-state index in [1.165, 1.54) is 0 Å². The number of anilines is 1. The molecule has 15 heavy (non-hydrogen) atoms. The lowest BCUT2D eigenvalue weighted by Crippen LogP contribution is -2.18. The van der Waals surface area contributed by atoms with Crippen molar-refractivity contribution >= 4 is 15.7 Å². The number of hydrogen-bond donors (Lipinski definition) is 3. The van der Waals surface area contributed by atoms with Crippen molar-refractivity contribution in [1.82, 2.24) is 9.78 Å². The summed E-state index contributed by atoms with van der Waals surface area (Å²) in [6.45, 7) is 1.23. The van der Waals surface area contributed by atoms with Gasteiger partial charge >= 0.3 is 0 Å². The van der Waals surface area contributed by atoms with Crippen molar-refractivity contribution in [2.75, 3.05) is 19.0 Å². The molecule has 7 nitrogen and oxygen atoms in total. The number of aromatic nitrogens is 2. The quantitative estimate of drug-likeness (QED) is 0.665. The van der Waals surface area contributed by atoms with Crippen molar-refractivity contribution in [3.05, 3.63) is 0 Å². The van der Waals surface area contributed by atoms with Gasteiger partial charge in [0, 0.05) is 20.0 Å². The van der Waals surface area contributed by atoms with Crippen LogP contribution in [0.2, 0.25) is 0 Å². The molecule has 1 aliphatic rings. The van der Waals surface area contributed by atoms with Gasteiger partial charge in [-0.05, 0) is 0 Å². The summed E-state index contributed by atoms with van der Waals surface area (Å²) in [5.41, 5.74) is 0. The third-order valence-corrected chi connectivity index (χ3v) is 3.13. The second kappa shape index (κ2) is 3.38. The summed E-state index contributed by atoms with van der Waals surface area (Å²) in [7, 11) is -1.67. The molecule has 0 radical (unpaired) electrons. The van der Waals surface area contributed by atoms with Crippen molar-refractivity contribution in [3.63, 3.8) is 0 Å². The minimum Gasteiger partial charge on any atom is -0.477 e. The molecule has 0 fully saturated rings. The fourth-order valence-corrected chi connectivity index (χ4v) is 2.40. The second-order valence-corrected chi connectivity index (χ2v) is 4.87. The van der Waals surface area contributed by atoms with E-state index < -0.39 is 9.92 Å². The summed E-state index contributed by atoms with van der Waals surface area (Å²) < 4.78 is 25.9. The SMILES string of the molecule is CNc1nn2c(c1S(=N)(N)=O)OCCC2. The van der Waals surface area contributed by atoms with Gasteiger partial charge in [0.05, 0.1) is 6.61 Å². The highest BCUT2D eigenvalue weighted by Gasteiger charge is 2.26. The third-order valence-electron chi connectivity index (χ3n) is 2.16. The van der Waals surface area contributed by atoms with Gasteiger partial charge in [0.1, 0.15) is 9.92 Å². The number of rotatable bonds is 2. The fraction of sp³-hybridized carbons (Fsp3) is 0.571.